The van der Waals surface area contributed by atoms with Gasteiger partial charge in [-0.3, -0.25) is 0 Å². The summed E-state index contributed by atoms with van der Waals surface area (Å²) in [6.07, 6.45) is 3.87. The number of thiophene rings is 1. The Morgan fingerprint density at radius 1 is 1.35 bits per heavy atom. The highest BCUT2D eigenvalue weighted by molar-refractivity contribution is 9.09. The average molecular weight is 313 g/mol. The maximum Gasteiger partial charge on any atom is 0.127 e. The first-order valence-corrected chi connectivity index (χ1v) is 7.77. The molecule has 0 aromatic carbocycles. The molecule has 2 unspecified atom stereocenters. The van der Waals surface area contributed by atoms with E-state index in [0.29, 0.717) is 10.7 Å². The fourth-order valence-corrected chi connectivity index (χ4v) is 3.18. The molecule has 0 amide bonds. The zero-order valence-corrected chi connectivity index (χ0v) is 12.8. The zero-order chi connectivity index (χ0) is 12.4. The summed E-state index contributed by atoms with van der Waals surface area (Å²) in [5, 5.41) is 1.24. The minimum absolute atomic E-state index is 0.421. The summed E-state index contributed by atoms with van der Waals surface area (Å²) in [6, 6.07) is 2.25. The van der Waals surface area contributed by atoms with Gasteiger partial charge in [0.05, 0.1) is 5.69 Å². The predicted octanol–water partition coefficient (Wildman–Crippen LogP) is 4.53. The predicted molar refractivity (Wildman–Crippen MR) is 78.2 cm³/mol. The molecule has 0 bridgehead atoms. The van der Waals surface area contributed by atoms with Crippen LogP contribution in [0.25, 0.3) is 10.2 Å². The summed E-state index contributed by atoms with van der Waals surface area (Å²) < 4.78 is 0. The van der Waals surface area contributed by atoms with Crippen LogP contribution in [0.1, 0.15) is 43.7 Å². The van der Waals surface area contributed by atoms with Crippen molar-refractivity contribution in [3.63, 3.8) is 0 Å². The third-order valence-corrected chi connectivity index (χ3v) is 5.75. The fraction of sp³-hybridized carbons (Fsp3) is 0.538. The minimum atomic E-state index is 0.421. The van der Waals surface area contributed by atoms with E-state index in [1.807, 2.05) is 0 Å². The van der Waals surface area contributed by atoms with Crippen LogP contribution in [0.15, 0.2) is 12.4 Å². The molecule has 2 rings (SSSR count). The van der Waals surface area contributed by atoms with Crippen LogP contribution in [0.5, 0.6) is 0 Å². The lowest BCUT2D eigenvalue weighted by Crippen LogP contribution is -2.09. The van der Waals surface area contributed by atoms with Gasteiger partial charge in [0.25, 0.3) is 0 Å². The van der Waals surface area contributed by atoms with Crippen LogP contribution in [0.4, 0.5) is 0 Å². The van der Waals surface area contributed by atoms with Gasteiger partial charge in [-0.1, -0.05) is 36.7 Å². The minimum Gasteiger partial charge on any atom is -0.240 e. The summed E-state index contributed by atoms with van der Waals surface area (Å²) in [6.45, 7) is 6.61. The summed E-state index contributed by atoms with van der Waals surface area (Å²) in [4.78, 5) is 11.8. The van der Waals surface area contributed by atoms with Crippen molar-refractivity contribution in [2.45, 2.75) is 44.4 Å². The second-order valence-corrected chi connectivity index (χ2v) is 6.55. The molecule has 0 N–H and O–H groups in total. The standard InChI is InChI=1S/C13H17BrN2S/c1-4-9-6-10-12(8(3)11(14)5-2)15-7-16-13(10)17-9/h6-8,11H,4-5H2,1-3H3. The van der Waals surface area contributed by atoms with Crippen molar-refractivity contribution >= 4 is 37.5 Å². The number of halogens is 1. The van der Waals surface area contributed by atoms with E-state index in [9.17, 15) is 0 Å². The fourth-order valence-electron chi connectivity index (χ4n) is 1.99. The third-order valence-electron chi connectivity index (χ3n) is 3.12. The van der Waals surface area contributed by atoms with Gasteiger partial charge < -0.3 is 0 Å². The average Bonchev–Trinajstić information content (AvgIpc) is 2.79. The van der Waals surface area contributed by atoms with Gasteiger partial charge in [-0.05, 0) is 18.9 Å². The molecule has 92 valence electrons. The molecule has 2 heterocycles. The van der Waals surface area contributed by atoms with Crippen LogP contribution >= 0.6 is 27.3 Å². The topological polar surface area (TPSA) is 25.8 Å². The van der Waals surface area contributed by atoms with Gasteiger partial charge in [0, 0.05) is 21.0 Å². The van der Waals surface area contributed by atoms with E-state index in [-0.39, 0.29) is 0 Å². The number of nitrogens with zero attached hydrogens (tertiary/aromatic N) is 2. The van der Waals surface area contributed by atoms with Crippen LogP contribution in [-0.4, -0.2) is 14.8 Å². The lowest BCUT2D eigenvalue weighted by molar-refractivity contribution is 0.679. The quantitative estimate of drug-likeness (QED) is 0.775. The maximum atomic E-state index is 4.49. The van der Waals surface area contributed by atoms with Crippen molar-refractivity contribution in [1.82, 2.24) is 9.97 Å². The third kappa shape index (κ3) is 2.52. The summed E-state index contributed by atoms with van der Waals surface area (Å²) in [5.41, 5.74) is 1.18. The number of aromatic nitrogens is 2. The smallest absolute Gasteiger partial charge is 0.127 e. The second-order valence-electron chi connectivity index (χ2n) is 4.26. The Morgan fingerprint density at radius 2 is 2.12 bits per heavy atom. The molecule has 2 aromatic heterocycles. The molecule has 0 saturated carbocycles. The molecule has 0 radical (unpaired) electrons. The van der Waals surface area contributed by atoms with Crippen LogP contribution in [0, 0.1) is 0 Å². The number of fused-ring (bicyclic) bond motifs is 1. The first-order valence-electron chi connectivity index (χ1n) is 6.04. The van der Waals surface area contributed by atoms with E-state index in [4.69, 9.17) is 0 Å². The summed E-state index contributed by atoms with van der Waals surface area (Å²) >= 11 is 5.51. The number of hydrogen-bond donors (Lipinski definition) is 0. The van der Waals surface area contributed by atoms with E-state index < -0.39 is 0 Å². The van der Waals surface area contributed by atoms with Crippen molar-refractivity contribution in [2.24, 2.45) is 0 Å². The van der Waals surface area contributed by atoms with Gasteiger partial charge in [-0.25, -0.2) is 9.97 Å². The molecular weight excluding hydrogens is 296 g/mol. The molecule has 0 aliphatic carbocycles. The highest BCUT2D eigenvalue weighted by Gasteiger charge is 2.19. The highest BCUT2D eigenvalue weighted by Crippen LogP contribution is 2.33. The largest absolute Gasteiger partial charge is 0.240 e. The molecule has 0 aliphatic rings. The first-order chi connectivity index (χ1) is 8.17. The Balaban J connectivity index is 2.49. The van der Waals surface area contributed by atoms with Crippen LogP contribution in [0.3, 0.4) is 0 Å². The van der Waals surface area contributed by atoms with E-state index in [1.54, 1.807) is 17.7 Å². The first kappa shape index (κ1) is 13.0. The number of rotatable bonds is 4. The van der Waals surface area contributed by atoms with Gasteiger partial charge in [-0.15, -0.1) is 11.3 Å². The molecule has 0 aliphatic heterocycles. The van der Waals surface area contributed by atoms with Gasteiger partial charge in [0.15, 0.2) is 0 Å². The lowest BCUT2D eigenvalue weighted by atomic mass is 9.99. The molecule has 2 nitrogen and oxygen atoms in total. The van der Waals surface area contributed by atoms with Crippen LogP contribution < -0.4 is 0 Å². The van der Waals surface area contributed by atoms with E-state index >= 15 is 0 Å². The Morgan fingerprint density at radius 3 is 2.76 bits per heavy atom. The molecule has 0 spiro atoms. The van der Waals surface area contributed by atoms with E-state index in [1.165, 1.54) is 16.0 Å². The zero-order valence-electron chi connectivity index (χ0n) is 10.4. The normalized spacial score (nSPS) is 15.1. The van der Waals surface area contributed by atoms with Crippen molar-refractivity contribution in [1.29, 1.82) is 0 Å². The van der Waals surface area contributed by atoms with Crippen molar-refractivity contribution in [3.8, 4) is 0 Å². The van der Waals surface area contributed by atoms with Crippen molar-refractivity contribution in [3.05, 3.63) is 23.0 Å². The number of aryl methyl sites for hydroxylation is 1. The van der Waals surface area contributed by atoms with E-state index in [0.717, 1.165) is 17.7 Å². The van der Waals surface area contributed by atoms with Crippen molar-refractivity contribution in [2.75, 3.05) is 0 Å². The Hall–Kier alpha value is -0.480. The number of alkyl halides is 1. The van der Waals surface area contributed by atoms with Crippen molar-refractivity contribution < 1.29 is 0 Å². The van der Waals surface area contributed by atoms with Gasteiger partial charge in [-0.2, -0.15) is 0 Å². The van der Waals surface area contributed by atoms with Gasteiger partial charge in [0.1, 0.15) is 11.2 Å². The highest BCUT2D eigenvalue weighted by atomic mass is 79.9. The van der Waals surface area contributed by atoms with Crippen LogP contribution in [-0.2, 0) is 6.42 Å². The van der Waals surface area contributed by atoms with E-state index in [2.05, 4.69) is 52.7 Å². The summed E-state index contributed by atoms with van der Waals surface area (Å²) in [5.74, 6) is 0.421. The molecule has 17 heavy (non-hydrogen) atoms. The monoisotopic (exact) mass is 312 g/mol. The Labute approximate surface area is 115 Å². The SMILES string of the molecule is CCc1cc2c(C(C)C(Br)CC)ncnc2s1. The Kier molecular flexibility index (Phi) is 4.15. The molecular formula is C13H17BrN2S. The van der Waals surface area contributed by atoms with Gasteiger partial charge >= 0.3 is 0 Å². The lowest BCUT2D eigenvalue weighted by Gasteiger charge is -2.16. The van der Waals surface area contributed by atoms with Gasteiger partial charge in [0.2, 0.25) is 0 Å². The second kappa shape index (κ2) is 5.44. The maximum absolute atomic E-state index is 4.49. The van der Waals surface area contributed by atoms with Crippen LogP contribution in [0.2, 0.25) is 0 Å². The molecule has 2 aromatic rings. The Bertz CT molecular complexity index is 509. The molecule has 0 saturated heterocycles. The number of hydrogen-bond acceptors (Lipinski definition) is 3. The molecule has 4 heteroatoms. The molecule has 0 fully saturated rings. The summed E-state index contributed by atoms with van der Waals surface area (Å²) in [7, 11) is 0. The molecule has 2 atom stereocenters.